The van der Waals surface area contributed by atoms with Crippen molar-refractivity contribution < 1.29 is 14.3 Å². The molecule has 0 aliphatic heterocycles. The lowest BCUT2D eigenvalue weighted by atomic mass is 10.2. The van der Waals surface area contributed by atoms with Crippen LogP contribution < -0.4 is 0 Å². The Balaban J connectivity index is 2.72. The fraction of sp³-hybridized carbons (Fsp3) is 0.214. The van der Waals surface area contributed by atoms with Crippen LogP contribution in [0.15, 0.2) is 36.4 Å². The van der Waals surface area contributed by atoms with Crippen molar-refractivity contribution in [3.63, 3.8) is 0 Å². The first-order valence-electron chi connectivity index (χ1n) is 5.88. The summed E-state index contributed by atoms with van der Waals surface area (Å²) in [5.74, 6) is -1.16. The first kappa shape index (κ1) is 16.2. The van der Waals surface area contributed by atoms with Gasteiger partial charge in [-0.15, -0.1) is 0 Å². The van der Waals surface area contributed by atoms with Crippen molar-refractivity contribution in [1.82, 2.24) is 4.90 Å². The van der Waals surface area contributed by atoms with Crippen LogP contribution in [0.3, 0.4) is 0 Å². The van der Waals surface area contributed by atoms with Gasteiger partial charge in [0, 0.05) is 15.7 Å². The summed E-state index contributed by atoms with van der Waals surface area (Å²) in [7, 11) is 0. The van der Waals surface area contributed by atoms with Gasteiger partial charge in [-0.05, 0) is 41.1 Å². The minimum Gasteiger partial charge on any atom is -0.463 e. The maximum atomic E-state index is 11.8. The summed E-state index contributed by atoms with van der Waals surface area (Å²) >= 11 is 2.14. The molecule has 6 heteroatoms. The van der Waals surface area contributed by atoms with E-state index in [1.165, 1.54) is 0 Å². The molecular formula is C14H13IN2O3. The third kappa shape index (κ3) is 5.01. The second-order valence-corrected chi connectivity index (χ2v) is 4.86. The van der Waals surface area contributed by atoms with Gasteiger partial charge in [-0.3, -0.25) is 4.79 Å². The van der Waals surface area contributed by atoms with Gasteiger partial charge in [0.25, 0.3) is 5.91 Å². The molecule has 104 valence electrons. The lowest BCUT2D eigenvalue weighted by Gasteiger charge is -2.12. The van der Waals surface area contributed by atoms with Crippen LogP contribution in [-0.2, 0) is 20.9 Å². The zero-order chi connectivity index (χ0) is 15.0. The maximum Gasteiger partial charge on any atom is 0.330 e. The molecule has 1 rings (SSSR count). The fourth-order valence-corrected chi connectivity index (χ4v) is 1.94. The van der Waals surface area contributed by atoms with Gasteiger partial charge in [0.05, 0.1) is 13.2 Å². The summed E-state index contributed by atoms with van der Waals surface area (Å²) in [5.41, 5.74) is 0.868. The second-order valence-electron chi connectivity index (χ2n) is 3.70. The van der Waals surface area contributed by atoms with Crippen LogP contribution in [0.4, 0.5) is 0 Å². The van der Waals surface area contributed by atoms with Crippen LogP contribution in [-0.4, -0.2) is 23.4 Å². The number of esters is 1. The third-order valence-corrected chi connectivity index (χ3v) is 3.37. The number of rotatable bonds is 5. The molecule has 0 bridgehead atoms. The Morgan fingerprint density at radius 2 is 2.10 bits per heavy atom. The molecule has 0 fully saturated rings. The van der Waals surface area contributed by atoms with Gasteiger partial charge in [-0.1, -0.05) is 18.2 Å². The number of halogens is 1. The van der Waals surface area contributed by atoms with Crippen molar-refractivity contribution in [1.29, 1.82) is 5.26 Å². The standard InChI is InChI=1S/C14H13IN2O3/c1-2-20-14(19)8-7-13(18)17(10-16)9-11-5-3-4-6-12(11)15/h3-8H,2,9H2,1H3/b8-7+. The van der Waals surface area contributed by atoms with Gasteiger partial charge in [-0.2, -0.15) is 5.26 Å². The van der Waals surface area contributed by atoms with Gasteiger partial charge in [0.15, 0.2) is 6.19 Å². The van der Waals surface area contributed by atoms with Crippen LogP contribution in [0.2, 0.25) is 0 Å². The van der Waals surface area contributed by atoms with Crippen LogP contribution in [0.25, 0.3) is 0 Å². The third-order valence-electron chi connectivity index (χ3n) is 2.32. The molecule has 0 saturated heterocycles. The van der Waals surface area contributed by atoms with Gasteiger partial charge < -0.3 is 4.74 Å². The number of nitriles is 1. The molecule has 0 saturated carbocycles. The van der Waals surface area contributed by atoms with E-state index >= 15 is 0 Å². The molecule has 0 N–H and O–H groups in total. The van der Waals surface area contributed by atoms with E-state index in [2.05, 4.69) is 27.3 Å². The molecule has 0 unspecified atom stereocenters. The summed E-state index contributed by atoms with van der Waals surface area (Å²) in [4.78, 5) is 23.9. The quantitative estimate of drug-likeness (QED) is 0.257. The van der Waals surface area contributed by atoms with E-state index in [1.54, 1.807) is 6.92 Å². The zero-order valence-corrected chi connectivity index (χ0v) is 13.0. The van der Waals surface area contributed by atoms with Gasteiger partial charge >= 0.3 is 5.97 Å². The Kier molecular flexibility index (Phi) is 6.73. The molecule has 0 aliphatic carbocycles. The van der Waals surface area contributed by atoms with Gasteiger partial charge in [0.1, 0.15) is 0 Å². The summed E-state index contributed by atoms with van der Waals surface area (Å²) in [5, 5.41) is 9.02. The van der Waals surface area contributed by atoms with Gasteiger partial charge in [-0.25, -0.2) is 9.69 Å². The maximum absolute atomic E-state index is 11.8. The first-order valence-corrected chi connectivity index (χ1v) is 6.95. The van der Waals surface area contributed by atoms with Crippen molar-refractivity contribution in [3.8, 4) is 6.19 Å². The minimum absolute atomic E-state index is 0.168. The van der Waals surface area contributed by atoms with E-state index < -0.39 is 11.9 Å². The molecule has 0 spiro atoms. The molecule has 0 aromatic heterocycles. The molecule has 0 atom stereocenters. The van der Waals surface area contributed by atoms with Crippen molar-refractivity contribution in [2.75, 3.05) is 6.61 Å². The number of nitrogens with zero attached hydrogens (tertiary/aromatic N) is 2. The Labute approximate surface area is 131 Å². The van der Waals surface area contributed by atoms with E-state index in [4.69, 9.17) is 5.26 Å². The van der Waals surface area contributed by atoms with E-state index in [0.29, 0.717) is 0 Å². The summed E-state index contributed by atoms with van der Waals surface area (Å²) < 4.78 is 5.63. The van der Waals surface area contributed by atoms with E-state index in [9.17, 15) is 9.59 Å². The van der Waals surface area contributed by atoms with E-state index in [0.717, 1.165) is 26.2 Å². The summed E-state index contributed by atoms with van der Waals surface area (Å²) in [6.07, 6.45) is 3.87. The highest BCUT2D eigenvalue weighted by Crippen LogP contribution is 2.13. The van der Waals surface area contributed by atoms with E-state index in [-0.39, 0.29) is 13.2 Å². The number of carbonyl (C=O) groups is 2. The Bertz CT molecular complexity index is 564. The highest BCUT2D eigenvalue weighted by Gasteiger charge is 2.12. The number of carbonyl (C=O) groups excluding carboxylic acids is 2. The highest BCUT2D eigenvalue weighted by molar-refractivity contribution is 14.1. The van der Waals surface area contributed by atoms with E-state index in [1.807, 2.05) is 30.5 Å². The molecule has 0 aliphatic rings. The molecule has 0 heterocycles. The Morgan fingerprint density at radius 3 is 2.70 bits per heavy atom. The molecule has 1 aromatic rings. The highest BCUT2D eigenvalue weighted by atomic mass is 127. The summed E-state index contributed by atoms with van der Waals surface area (Å²) in [6, 6.07) is 7.45. The van der Waals surface area contributed by atoms with Crippen LogP contribution in [0, 0.1) is 15.0 Å². The molecule has 1 amide bonds. The molecular weight excluding hydrogens is 371 g/mol. The smallest absolute Gasteiger partial charge is 0.330 e. The number of amides is 1. The normalized spacial score (nSPS) is 10.1. The SMILES string of the molecule is CCOC(=O)/C=C/C(=O)N(C#N)Cc1ccccc1I. The van der Waals surface area contributed by atoms with Crippen molar-refractivity contribution in [3.05, 3.63) is 45.6 Å². The topological polar surface area (TPSA) is 70.4 Å². The molecule has 0 radical (unpaired) electrons. The minimum atomic E-state index is -0.604. The predicted molar refractivity (Wildman–Crippen MR) is 81.1 cm³/mol. The number of hydrogen-bond donors (Lipinski definition) is 0. The number of hydrogen-bond acceptors (Lipinski definition) is 4. The molecule has 20 heavy (non-hydrogen) atoms. The monoisotopic (exact) mass is 384 g/mol. The van der Waals surface area contributed by atoms with Crippen LogP contribution in [0.5, 0.6) is 0 Å². The summed E-state index contributed by atoms with van der Waals surface area (Å²) in [6.45, 7) is 2.08. The van der Waals surface area contributed by atoms with Crippen molar-refractivity contribution in [2.24, 2.45) is 0 Å². The first-order chi connectivity index (χ1) is 9.58. The lowest BCUT2D eigenvalue weighted by Crippen LogP contribution is -2.24. The number of ether oxygens (including phenoxy) is 1. The lowest BCUT2D eigenvalue weighted by molar-refractivity contribution is -0.137. The van der Waals surface area contributed by atoms with Crippen LogP contribution >= 0.6 is 22.6 Å². The predicted octanol–water partition coefficient (Wildman–Crippen LogP) is 2.22. The Hall–Kier alpha value is -1.88. The molecule has 5 nitrogen and oxygen atoms in total. The van der Waals surface area contributed by atoms with Crippen LogP contribution in [0.1, 0.15) is 12.5 Å². The van der Waals surface area contributed by atoms with Crippen molar-refractivity contribution >= 4 is 34.5 Å². The second kappa shape index (κ2) is 8.32. The largest absolute Gasteiger partial charge is 0.463 e. The average molecular weight is 384 g/mol. The molecule has 1 aromatic carbocycles. The van der Waals surface area contributed by atoms with Crippen molar-refractivity contribution in [2.45, 2.75) is 13.5 Å². The zero-order valence-electron chi connectivity index (χ0n) is 10.9. The Morgan fingerprint density at radius 1 is 1.40 bits per heavy atom. The fourth-order valence-electron chi connectivity index (χ4n) is 1.38. The number of benzene rings is 1. The average Bonchev–Trinajstić information content (AvgIpc) is 2.44. The van der Waals surface area contributed by atoms with Gasteiger partial charge in [0.2, 0.25) is 0 Å².